The Bertz CT molecular complexity index is 1070. The summed E-state index contributed by atoms with van der Waals surface area (Å²) < 4.78 is 10.9. The lowest BCUT2D eigenvalue weighted by Gasteiger charge is -2.32. The number of nitrogens with one attached hydrogen (secondary N) is 1. The summed E-state index contributed by atoms with van der Waals surface area (Å²) >= 11 is 0. The number of benzene rings is 2. The van der Waals surface area contributed by atoms with Crippen LogP contribution in [-0.2, 0) is 4.79 Å². The van der Waals surface area contributed by atoms with E-state index >= 15 is 0 Å². The fourth-order valence-corrected chi connectivity index (χ4v) is 4.22. The molecule has 8 nitrogen and oxygen atoms in total. The number of methoxy groups -OCH3 is 2. The summed E-state index contributed by atoms with van der Waals surface area (Å²) in [5.74, 6) is 1.43. The van der Waals surface area contributed by atoms with Crippen LogP contribution in [0.4, 0.5) is 11.4 Å². The van der Waals surface area contributed by atoms with E-state index in [0.717, 1.165) is 48.8 Å². The van der Waals surface area contributed by atoms with Gasteiger partial charge in [0.25, 0.3) is 0 Å². The van der Waals surface area contributed by atoms with Crippen molar-refractivity contribution in [3.8, 4) is 11.5 Å². The number of piperazine rings is 1. The Balaban J connectivity index is 1.67. The van der Waals surface area contributed by atoms with Crippen molar-refractivity contribution in [2.45, 2.75) is 12.8 Å². The molecular formula is C25H31N5O3. The summed E-state index contributed by atoms with van der Waals surface area (Å²) in [6.45, 7) is 5.97. The van der Waals surface area contributed by atoms with Gasteiger partial charge in [-0.15, -0.1) is 0 Å². The number of amides is 1. The molecule has 1 atom stereocenters. The van der Waals surface area contributed by atoms with E-state index < -0.39 is 0 Å². The van der Waals surface area contributed by atoms with E-state index in [-0.39, 0.29) is 11.8 Å². The van der Waals surface area contributed by atoms with E-state index in [0.29, 0.717) is 23.9 Å². The maximum absolute atomic E-state index is 13.1. The average Bonchev–Trinajstić information content (AvgIpc) is 2.95. The van der Waals surface area contributed by atoms with Gasteiger partial charge in [-0.05, 0) is 43.8 Å². The third kappa shape index (κ3) is 5.23. The van der Waals surface area contributed by atoms with E-state index in [4.69, 9.17) is 19.5 Å². The second kappa shape index (κ2) is 10.1. The van der Waals surface area contributed by atoms with Crippen molar-refractivity contribution in [2.75, 3.05) is 54.0 Å². The highest BCUT2D eigenvalue weighted by molar-refractivity contribution is 6.17. The maximum Gasteiger partial charge on any atom is 0.239 e. The van der Waals surface area contributed by atoms with Crippen molar-refractivity contribution >= 4 is 28.8 Å². The van der Waals surface area contributed by atoms with Crippen LogP contribution in [0.15, 0.2) is 52.4 Å². The van der Waals surface area contributed by atoms with Crippen LogP contribution >= 0.6 is 0 Å². The summed E-state index contributed by atoms with van der Waals surface area (Å²) in [6.07, 6.45) is 0. The number of nitrogens with zero attached hydrogens (tertiary/aromatic N) is 4. The Morgan fingerprint density at radius 3 is 2.33 bits per heavy atom. The highest BCUT2D eigenvalue weighted by Gasteiger charge is 2.28. The van der Waals surface area contributed by atoms with Crippen molar-refractivity contribution in [3.63, 3.8) is 0 Å². The molecule has 8 heteroatoms. The van der Waals surface area contributed by atoms with Gasteiger partial charge in [-0.2, -0.15) is 0 Å². The molecule has 0 bridgehead atoms. The summed E-state index contributed by atoms with van der Waals surface area (Å²) in [6, 6.07) is 13.5. The Morgan fingerprint density at radius 1 is 1.00 bits per heavy atom. The first-order chi connectivity index (χ1) is 16.0. The molecule has 1 unspecified atom stereocenters. The quantitative estimate of drug-likeness (QED) is 0.759. The first-order valence-corrected chi connectivity index (χ1v) is 11.1. The van der Waals surface area contributed by atoms with E-state index in [2.05, 4.69) is 22.2 Å². The van der Waals surface area contributed by atoms with E-state index in [1.807, 2.05) is 49.4 Å². The molecule has 2 aromatic carbocycles. The molecule has 174 valence electrons. The van der Waals surface area contributed by atoms with Gasteiger partial charge in [-0.1, -0.05) is 18.2 Å². The average molecular weight is 450 g/mol. The maximum atomic E-state index is 13.1. The van der Waals surface area contributed by atoms with Crippen LogP contribution in [0, 0.1) is 0 Å². The van der Waals surface area contributed by atoms with Gasteiger partial charge in [0, 0.05) is 31.9 Å². The van der Waals surface area contributed by atoms with Crippen molar-refractivity contribution in [2.24, 2.45) is 9.98 Å². The molecule has 2 aliphatic heterocycles. The fraction of sp³-hybridized carbons (Fsp3) is 0.400. The molecule has 4 rings (SSSR count). The lowest BCUT2D eigenvalue weighted by atomic mass is 9.92. The van der Waals surface area contributed by atoms with Crippen molar-refractivity contribution < 1.29 is 14.3 Å². The molecule has 1 amide bonds. The molecule has 0 aliphatic carbocycles. The molecule has 33 heavy (non-hydrogen) atoms. The number of aliphatic imine (C=N–C) groups is 2. The lowest BCUT2D eigenvalue weighted by molar-refractivity contribution is -0.121. The van der Waals surface area contributed by atoms with Gasteiger partial charge < -0.3 is 19.7 Å². The molecule has 2 aliphatic rings. The smallest absolute Gasteiger partial charge is 0.239 e. The van der Waals surface area contributed by atoms with Crippen molar-refractivity contribution in [1.82, 2.24) is 15.1 Å². The zero-order valence-corrected chi connectivity index (χ0v) is 19.7. The fourth-order valence-electron chi connectivity index (χ4n) is 4.22. The monoisotopic (exact) mass is 449 g/mol. The van der Waals surface area contributed by atoms with Crippen LogP contribution in [0.3, 0.4) is 0 Å². The molecule has 1 saturated heterocycles. The van der Waals surface area contributed by atoms with Crippen molar-refractivity contribution in [1.29, 1.82) is 0 Å². The Hall–Kier alpha value is -3.23. The highest BCUT2D eigenvalue weighted by Crippen LogP contribution is 2.36. The summed E-state index contributed by atoms with van der Waals surface area (Å²) in [5.41, 5.74) is 3.27. The number of rotatable bonds is 5. The van der Waals surface area contributed by atoms with Gasteiger partial charge >= 0.3 is 0 Å². The predicted octanol–water partition coefficient (Wildman–Crippen LogP) is 2.99. The standard InChI is InChI=1S/C25H31N5O3/c1-17-24(18-9-10-21(32-3)22(15-18)33-4)25(27-20-8-6-5-7-19(20)26-17)28-23(31)16-30-13-11-29(2)12-14-30/h5-10,15,24H,11-14,16H2,1-4H3,(H,27,28,31). The first-order valence-electron chi connectivity index (χ1n) is 11.1. The second-order valence-electron chi connectivity index (χ2n) is 8.41. The normalized spacial score (nSPS) is 19.1. The third-order valence-electron chi connectivity index (χ3n) is 6.08. The zero-order valence-electron chi connectivity index (χ0n) is 19.7. The molecule has 1 fully saturated rings. The number of hydrogen-bond donors (Lipinski definition) is 1. The largest absolute Gasteiger partial charge is 0.493 e. The number of carbonyl (C=O) groups is 1. The minimum Gasteiger partial charge on any atom is -0.493 e. The van der Waals surface area contributed by atoms with Crippen LogP contribution in [0.1, 0.15) is 18.4 Å². The molecule has 0 aromatic heterocycles. The van der Waals surface area contributed by atoms with E-state index in [1.54, 1.807) is 14.2 Å². The number of ether oxygens (including phenoxy) is 2. The Kier molecular flexibility index (Phi) is 7.05. The number of fused-ring (bicyclic) bond motifs is 1. The molecule has 0 spiro atoms. The van der Waals surface area contributed by atoms with Crippen LogP contribution in [-0.4, -0.2) is 81.2 Å². The van der Waals surface area contributed by atoms with Crippen LogP contribution in [0.5, 0.6) is 11.5 Å². The summed E-state index contributed by atoms with van der Waals surface area (Å²) in [7, 11) is 5.32. The molecule has 2 aromatic rings. The SMILES string of the molecule is COc1ccc(C2C(C)=Nc3ccccc3N=C2NC(=O)CN2CCN(C)CC2)cc1OC. The molecule has 0 saturated carbocycles. The Labute approximate surface area is 194 Å². The van der Waals surface area contributed by atoms with Gasteiger partial charge in [0.15, 0.2) is 11.5 Å². The lowest BCUT2D eigenvalue weighted by Crippen LogP contribution is -2.49. The van der Waals surface area contributed by atoms with Crippen LogP contribution < -0.4 is 14.8 Å². The number of para-hydroxylation sites is 2. The topological polar surface area (TPSA) is 78.8 Å². The van der Waals surface area contributed by atoms with E-state index in [1.165, 1.54) is 0 Å². The van der Waals surface area contributed by atoms with Crippen molar-refractivity contribution in [3.05, 3.63) is 48.0 Å². The van der Waals surface area contributed by atoms with Gasteiger partial charge in [0.05, 0.1) is 38.1 Å². The van der Waals surface area contributed by atoms with Crippen LogP contribution in [0.2, 0.25) is 0 Å². The minimum atomic E-state index is -0.325. The summed E-state index contributed by atoms with van der Waals surface area (Å²) in [4.78, 5) is 27.2. The first kappa shape index (κ1) is 22.9. The van der Waals surface area contributed by atoms with Crippen LogP contribution in [0.25, 0.3) is 0 Å². The zero-order chi connectivity index (χ0) is 23.4. The van der Waals surface area contributed by atoms with Gasteiger partial charge in [0.2, 0.25) is 5.91 Å². The highest BCUT2D eigenvalue weighted by atomic mass is 16.5. The third-order valence-corrected chi connectivity index (χ3v) is 6.08. The van der Waals surface area contributed by atoms with Gasteiger partial charge in [-0.3, -0.25) is 14.7 Å². The molecule has 1 N–H and O–H groups in total. The number of carbonyl (C=O) groups excluding carboxylic acids is 1. The predicted molar refractivity (Wildman–Crippen MR) is 131 cm³/mol. The second-order valence-corrected chi connectivity index (χ2v) is 8.41. The number of amidine groups is 1. The Morgan fingerprint density at radius 2 is 1.67 bits per heavy atom. The number of likely N-dealkylation sites (N-methyl/N-ethyl adjacent to an activating group) is 1. The summed E-state index contributed by atoms with van der Waals surface area (Å²) in [5, 5.41) is 3.11. The molecule has 0 radical (unpaired) electrons. The van der Waals surface area contributed by atoms with Gasteiger partial charge in [-0.25, -0.2) is 4.99 Å². The molecule has 2 heterocycles. The van der Waals surface area contributed by atoms with E-state index in [9.17, 15) is 4.79 Å². The molecular weight excluding hydrogens is 418 g/mol. The minimum absolute atomic E-state index is 0.0732. The van der Waals surface area contributed by atoms with Gasteiger partial charge in [0.1, 0.15) is 5.84 Å². The number of hydrogen-bond acceptors (Lipinski definition) is 7.